The molecule has 0 atom stereocenters. The molecule has 36 heavy (non-hydrogen) atoms. The molecule has 2 aromatic carbocycles. The topological polar surface area (TPSA) is 93.7 Å². The van der Waals surface area contributed by atoms with Crippen molar-refractivity contribution in [2.75, 3.05) is 23.8 Å². The van der Waals surface area contributed by atoms with Crippen molar-refractivity contribution >= 4 is 63.0 Å². The Labute approximate surface area is 223 Å². The quantitative estimate of drug-likeness (QED) is 0.212. The van der Waals surface area contributed by atoms with Crippen molar-refractivity contribution in [2.24, 2.45) is 0 Å². The monoisotopic (exact) mass is 548 g/mol. The molecule has 3 aromatic rings. The summed E-state index contributed by atoms with van der Waals surface area (Å²) in [4.78, 5) is 38.6. The summed E-state index contributed by atoms with van der Waals surface area (Å²) in [5, 5.41) is 6.76. The van der Waals surface area contributed by atoms with E-state index in [0.717, 1.165) is 16.9 Å². The van der Waals surface area contributed by atoms with Gasteiger partial charge in [-0.25, -0.2) is 4.79 Å². The van der Waals surface area contributed by atoms with Gasteiger partial charge in [-0.1, -0.05) is 35.3 Å². The zero-order chi connectivity index (χ0) is 26.2. The van der Waals surface area contributed by atoms with Crippen LogP contribution in [0.3, 0.4) is 0 Å². The summed E-state index contributed by atoms with van der Waals surface area (Å²) in [7, 11) is 0. The van der Waals surface area contributed by atoms with Crippen molar-refractivity contribution in [2.45, 2.75) is 33.6 Å². The molecule has 10 heteroatoms. The van der Waals surface area contributed by atoms with Crippen LogP contribution in [0.4, 0.5) is 10.7 Å². The van der Waals surface area contributed by atoms with E-state index < -0.39 is 5.97 Å². The van der Waals surface area contributed by atoms with E-state index >= 15 is 0 Å². The number of rotatable bonds is 10. The standard InChI is InChI=1S/C26H26Cl2N2O5S/c1-4-34-26(33)22-16(3)23(24(32)29-18-8-5-7-15(2)13-18)36-25(22)30-21(31)9-6-12-35-20-11-10-17(27)14-19(20)28/h5,7-8,10-11,13-14H,4,6,9,12H2,1-3H3,(H,29,32)(H,30,31). The SMILES string of the molecule is CCOC(=O)c1c(NC(=O)CCCOc2ccc(Cl)cc2Cl)sc(C(=O)Nc2cccc(C)c2)c1C. The molecule has 3 rings (SSSR count). The predicted molar refractivity (Wildman–Crippen MR) is 144 cm³/mol. The molecule has 0 aliphatic rings. The van der Waals surface area contributed by atoms with E-state index in [9.17, 15) is 14.4 Å². The fourth-order valence-corrected chi connectivity index (χ4v) is 4.94. The number of anilines is 2. The third kappa shape index (κ3) is 7.22. The number of aryl methyl sites for hydroxylation is 1. The lowest BCUT2D eigenvalue weighted by atomic mass is 10.1. The van der Waals surface area contributed by atoms with Crippen molar-refractivity contribution in [3.8, 4) is 5.75 Å². The Bertz CT molecular complexity index is 1280. The Balaban J connectivity index is 1.68. The maximum Gasteiger partial charge on any atom is 0.341 e. The van der Waals surface area contributed by atoms with Crippen LogP contribution in [-0.4, -0.2) is 31.0 Å². The van der Waals surface area contributed by atoms with Crippen molar-refractivity contribution in [1.29, 1.82) is 0 Å². The summed E-state index contributed by atoms with van der Waals surface area (Å²) in [6.45, 7) is 5.70. The van der Waals surface area contributed by atoms with Crippen molar-refractivity contribution in [3.05, 3.63) is 74.1 Å². The fourth-order valence-electron chi connectivity index (χ4n) is 3.37. The number of carbonyl (C=O) groups is 3. The van der Waals surface area contributed by atoms with E-state index in [4.69, 9.17) is 32.7 Å². The Morgan fingerprint density at radius 3 is 2.50 bits per heavy atom. The minimum absolute atomic E-state index is 0.134. The van der Waals surface area contributed by atoms with Crippen LogP contribution in [0.15, 0.2) is 42.5 Å². The van der Waals surface area contributed by atoms with Gasteiger partial charge in [0.25, 0.3) is 5.91 Å². The molecule has 0 saturated heterocycles. The number of halogens is 2. The largest absolute Gasteiger partial charge is 0.492 e. The lowest BCUT2D eigenvalue weighted by molar-refractivity contribution is -0.116. The molecule has 7 nitrogen and oxygen atoms in total. The first-order valence-corrected chi connectivity index (χ1v) is 12.8. The van der Waals surface area contributed by atoms with Crippen LogP contribution in [0.1, 0.15) is 50.9 Å². The van der Waals surface area contributed by atoms with Gasteiger partial charge in [0.15, 0.2) is 0 Å². The van der Waals surface area contributed by atoms with Gasteiger partial charge in [0.2, 0.25) is 5.91 Å². The number of hydrogen-bond donors (Lipinski definition) is 2. The Hall–Kier alpha value is -3.07. The van der Waals surface area contributed by atoms with E-state index in [0.29, 0.717) is 38.3 Å². The highest BCUT2D eigenvalue weighted by atomic mass is 35.5. The van der Waals surface area contributed by atoms with Crippen LogP contribution in [0.2, 0.25) is 10.0 Å². The molecule has 0 unspecified atom stereocenters. The molecule has 2 N–H and O–H groups in total. The minimum Gasteiger partial charge on any atom is -0.492 e. The third-order valence-corrected chi connectivity index (χ3v) is 6.80. The molecule has 0 spiro atoms. The Morgan fingerprint density at radius 1 is 1.03 bits per heavy atom. The molecule has 1 aromatic heterocycles. The Kier molecular flexibility index (Phi) is 9.75. The third-order valence-electron chi connectivity index (χ3n) is 5.06. The van der Waals surface area contributed by atoms with Crippen LogP contribution in [0.5, 0.6) is 5.75 Å². The minimum atomic E-state index is -0.600. The number of carbonyl (C=O) groups excluding carboxylic acids is 3. The fraction of sp³-hybridized carbons (Fsp3) is 0.269. The summed E-state index contributed by atoms with van der Waals surface area (Å²) in [6, 6.07) is 12.3. The number of thiophene rings is 1. The number of ether oxygens (including phenoxy) is 2. The first-order chi connectivity index (χ1) is 17.2. The van der Waals surface area contributed by atoms with Crippen LogP contribution in [0, 0.1) is 13.8 Å². The maximum absolute atomic E-state index is 13.0. The van der Waals surface area contributed by atoms with Crippen LogP contribution in [-0.2, 0) is 9.53 Å². The second-order valence-corrected chi connectivity index (χ2v) is 9.74. The lowest BCUT2D eigenvalue weighted by Crippen LogP contribution is -2.15. The highest BCUT2D eigenvalue weighted by molar-refractivity contribution is 7.18. The van der Waals surface area contributed by atoms with E-state index in [1.54, 1.807) is 38.1 Å². The van der Waals surface area contributed by atoms with Gasteiger partial charge in [0.05, 0.1) is 28.7 Å². The first-order valence-electron chi connectivity index (χ1n) is 11.3. The molecule has 0 bridgehead atoms. The van der Waals surface area contributed by atoms with Gasteiger partial charge in [0, 0.05) is 17.1 Å². The maximum atomic E-state index is 13.0. The molecule has 0 aliphatic carbocycles. The van der Waals surface area contributed by atoms with Gasteiger partial charge in [0.1, 0.15) is 10.8 Å². The van der Waals surface area contributed by atoms with E-state index in [-0.39, 0.29) is 42.0 Å². The van der Waals surface area contributed by atoms with Crippen LogP contribution >= 0.6 is 34.5 Å². The van der Waals surface area contributed by atoms with Gasteiger partial charge >= 0.3 is 5.97 Å². The van der Waals surface area contributed by atoms with Gasteiger partial charge < -0.3 is 20.1 Å². The number of hydrogen-bond acceptors (Lipinski definition) is 6. The second kappa shape index (κ2) is 12.8. The van der Waals surface area contributed by atoms with Gasteiger partial charge in [-0.15, -0.1) is 11.3 Å². The number of benzene rings is 2. The van der Waals surface area contributed by atoms with E-state index in [1.807, 2.05) is 25.1 Å². The van der Waals surface area contributed by atoms with Crippen molar-refractivity contribution < 1.29 is 23.9 Å². The molecular formula is C26H26Cl2N2O5S. The van der Waals surface area contributed by atoms with E-state index in [2.05, 4.69) is 10.6 Å². The molecule has 0 fully saturated rings. The summed E-state index contributed by atoms with van der Waals surface area (Å²) in [5.41, 5.74) is 2.25. The van der Waals surface area contributed by atoms with Crippen LogP contribution in [0.25, 0.3) is 0 Å². The summed E-state index contributed by atoms with van der Waals surface area (Å²) >= 11 is 13.0. The zero-order valence-electron chi connectivity index (χ0n) is 20.1. The molecular weight excluding hydrogens is 523 g/mol. The molecule has 190 valence electrons. The van der Waals surface area contributed by atoms with Crippen LogP contribution < -0.4 is 15.4 Å². The van der Waals surface area contributed by atoms with Gasteiger partial charge in [-0.2, -0.15) is 0 Å². The van der Waals surface area contributed by atoms with Gasteiger partial charge in [-0.05, 0) is 68.7 Å². The second-order valence-electron chi connectivity index (χ2n) is 7.88. The van der Waals surface area contributed by atoms with Gasteiger partial charge in [-0.3, -0.25) is 9.59 Å². The number of esters is 1. The number of amides is 2. The van der Waals surface area contributed by atoms with Crippen molar-refractivity contribution in [3.63, 3.8) is 0 Å². The highest BCUT2D eigenvalue weighted by Crippen LogP contribution is 2.34. The highest BCUT2D eigenvalue weighted by Gasteiger charge is 2.26. The summed E-state index contributed by atoms with van der Waals surface area (Å²) in [5.74, 6) is -0.818. The predicted octanol–water partition coefficient (Wildman–Crippen LogP) is 6.90. The smallest absolute Gasteiger partial charge is 0.341 e. The number of nitrogens with one attached hydrogen (secondary N) is 2. The molecule has 0 aliphatic heterocycles. The average Bonchev–Trinajstić information content (AvgIpc) is 3.13. The molecule has 0 radical (unpaired) electrons. The molecule has 0 saturated carbocycles. The molecule has 2 amide bonds. The first kappa shape index (κ1) is 27.5. The van der Waals surface area contributed by atoms with Crippen molar-refractivity contribution in [1.82, 2.24) is 0 Å². The average molecular weight is 549 g/mol. The summed E-state index contributed by atoms with van der Waals surface area (Å²) in [6.07, 6.45) is 0.541. The summed E-state index contributed by atoms with van der Waals surface area (Å²) < 4.78 is 10.8. The Morgan fingerprint density at radius 2 is 1.81 bits per heavy atom. The zero-order valence-corrected chi connectivity index (χ0v) is 22.4. The normalized spacial score (nSPS) is 10.6. The lowest BCUT2D eigenvalue weighted by Gasteiger charge is -2.09. The molecule has 1 heterocycles. The van der Waals surface area contributed by atoms with E-state index in [1.165, 1.54) is 0 Å².